The summed E-state index contributed by atoms with van der Waals surface area (Å²) in [5.41, 5.74) is 3.28. The van der Waals surface area contributed by atoms with Gasteiger partial charge in [0.1, 0.15) is 5.52 Å². The lowest BCUT2D eigenvalue weighted by molar-refractivity contribution is 0.0113. The molecule has 0 atom stereocenters. The molecule has 1 aromatic heterocycles. The highest BCUT2D eigenvalue weighted by Crippen LogP contribution is 2.30. The number of hydrogen-bond donors (Lipinski definition) is 0. The van der Waals surface area contributed by atoms with Gasteiger partial charge in [-0.05, 0) is 36.0 Å². The van der Waals surface area contributed by atoms with Gasteiger partial charge in [0.05, 0.1) is 13.2 Å². The number of nitrogens with zero attached hydrogens (tertiary/aromatic N) is 3. The largest absolute Gasteiger partial charge is 0.423 e. The summed E-state index contributed by atoms with van der Waals surface area (Å²) in [6.45, 7) is 12.6. The Labute approximate surface area is 149 Å². The molecule has 0 radical (unpaired) electrons. The van der Waals surface area contributed by atoms with Crippen molar-refractivity contribution in [3.05, 3.63) is 23.8 Å². The van der Waals surface area contributed by atoms with E-state index in [1.807, 2.05) is 0 Å². The van der Waals surface area contributed by atoms with Crippen molar-refractivity contribution in [1.82, 2.24) is 9.88 Å². The van der Waals surface area contributed by atoms with Crippen LogP contribution in [0.1, 0.15) is 39.2 Å². The van der Waals surface area contributed by atoms with Crippen LogP contribution in [-0.2, 0) is 10.2 Å². The Bertz CT molecular complexity index is 720. The van der Waals surface area contributed by atoms with E-state index < -0.39 is 0 Å². The maximum atomic E-state index is 6.04. The summed E-state index contributed by atoms with van der Waals surface area (Å²) in [5, 5.41) is 0. The lowest BCUT2D eigenvalue weighted by Gasteiger charge is -2.39. The molecule has 2 fully saturated rings. The monoisotopic (exact) mass is 343 g/mol. The Morgan fingerprint density at radius 2 is 1.76 bits per heavy atom. The molecule has 2 aliphatic heterocycles. The topological polar surface area (TPSA) is 41.7 Å². The average molecular weight is 343 g/mol. The van der Waals surface area contributed by atoms with Crippen LogP contribution in [0.4, 0.5) is 6.01 Å². The maximum absolute atomic E-state index is 6.04. The molecule has 25 heavy (non-hydrogen) atoms. The van der Waals surface area contributed by atoms with Gasteiger partial charge in [0.15, 0.2) is 5.58 Å². The van der Waals surface area contributed by atoms with Crippen molar-refractivity contribution in [2.24, 2.45) is 0 Å². The second-order valence-electron chi connectivity index (χ2n) is 8.30. The summed E-state index contributed by atoms with van der Waals surface area (Å²) in [4.78, 5) is 9.66. The minimum absolute atomic E-state index is 0.129. The van der Waals surface area contributed by atoms with Gasteiger partial charge in [0, 0.05) is 32.2 Å². The first kappa shape index (κ1) is 16.9. The van der Waals surface area contributed by atoms with Gasteiger partial charge in [-0.3, -0.25) is 4.90 Å². The molecule has 0 N–H and O–H groups in total. The van der Waals surface area contributed by atoms with E-state index in [9.17, 15) is 0 Å². The van der Waals surface area contributed by atoms with Gasteiger partial charge in [-0.25, -0.2) is 0 Å². The zero-order chi connectivity index (χ0) is 17.4. The molecule has 2 aliphatic rings. The predicted octanol–water partition coefficient (Wildman–Crippen LogP) is 3.43. The summed E-state index contributed by atoms with van der Waals surface area (Å²) in [5.74, 6) is 0. The lowest BCUT2D eigenvalue weighted by Crippen LogP contribution is -2.49. The van der Waals surface area contributed by atoms with Crippen molar-refractivity contribution in [2.45, 2.75) is 45.1 Å². The molecule has 5 heteroatoms. The Morgan fingerprint density at radius 3 is 2.44 bits per heavy atom. The summed E-state index contributed by atoms with van der Waals surface area (Å²) < 4.78 is 11.5. The minimum Gasteiger partial charge on any atom is -0.423 e. The highest BCUT2D eigenvalue weighted by Gasteiger charge is 2.27. The maximum Gasteiger partial charge on any atom is 0.298 e. The van der Waals surface area contributed by atoms with E-state index in [4.69, 9.17) is 14.1 Å². The molecule has 3 heterocycles. The fraction of sp³-hybridized carbons (Fsp3) is 0.650. The normalized spacial score (nSPS) is 21.2. The molecular weight excluding hydrogens is 314 g/mol. The smallest absolute Gasteiger partial charge is 0.298 e. The van der Waals surface area contributed by atoms with Crippen molar-refractivity contribution in [3.8, 4) is 0 Å². The van der Waals surface area contributed by atoms with Crippen molar-refractivity contribution in [3.63, 3.8) is 0 Å². The molecule has 2 aromatic rings. The van der Waals surface area contributed by atoms with Crippen LogP contribution >= 0.6 is 0 Å². The summed E-state index contributed by atoms with van der Waals surface area (Å²) >= 11 is 0. The third-order valence-electron chi connectivity index (χ3n) is 5.54. The predicted molar refractivity (Wildman–Crippen MR) is 100 cm³/mol. The van der Waals surface area contributed by atoms with E-state index >= 15 is 0 Å². The zero-order valence-electron chi connectivity index (χ0n) is 15.6. The Hall–Kier alpha value is -1.59. The molecule has 5 nitrogen and oxygen atoms in total. The van der Waals surface area contributed by atoms with E-state index in [-0.39, 0.29) is 5.41 Å². The van der Waals surface area contributed by atoms with Crippen LogP contribution in [0.5, 0.6) is 0 Å². The van der Waals surface area contributed by atoms with E-state index in [0.717, 1.165) is 56.5 Å². The van der Waals surface area contributed by atoms with Crippen LogP contribution in [0.2, 0.25) is 0 Å². The van der Waals surface area contributed by atoms with Crippen LogP contribution in [0.15, 0.2) is 22.6 Å². The van der Waals surface area contributed by atoms with Crippen molar-refractivity contribution < 1.29 is 9.15 Å². The third-order valence-corrected chi connectivity index (χ3v) is 5.54. The average Bonchev–Trinajstić information content (AvgIpc) is 3.05. The molecule has 0 unspecified atom stereocenters. The van der Waals surface area contributed by atoms with Crippen molar-refractivity contribution in [1.29, 1.82) is 0 Å². The number of morpholine rings is 1. The van der Waals surface area contributed by atoms with E-state index in [1.165, 1.54) is 18.4 Å². The molecule has 0 aliphatic carbocycles. The van der Waals surface area contributed by atoms with Crippen molar-refractivity contribution >= 4 is 17.1 Å². The Kier molecular flexibility index (Phi) is 4.46. The number of oxazole rings is 1. The number of hydrogen-bond acceptors (Lipinski definition) is 5. The molecule has 0 spiro atoms. The summed E-state index contributed by atoms with van der Waals surface area (Å²) in [6, 6.07) is 7.84. The first-order valence-corrected chi connectivity index (χ1v) is 9.48. The molecule has 4 rings (SSSR count). The molecule has 2 saturated heterocycles. The first-order chi connectivity index (χ1) is 12.0. The van der Waals surface area contributed by atoms with Crippen LogP contribution in [0.25, 0.3) is 11.1 Å². The van der Waals surface area contributed by atoms with Gasteiger partial charge >= 0.3 is 0 Å². The van der Waals surface area contributed by atoms with Crippen LogP contribution in [0.3, 0.4) is 0 Å². The number of ether oxygens (including phenoxy) is 1. The molecule has 0 bridgehead atoms. The SMILES string of the molecule is CC(C)(C)c1ccc2oc(N3CCC(N4CCOCC4)CC3)nc2c1. The van der Waals surface area contributed by atoms with E-state index in [2.05, 4.69) is 48.8 Å². The van der Waals surface area contributed by atoms with Crippen LogP contribution in [-0.4, -0.2) is 55.3 Å². The van der Waals surface area contributed by atoms with Crippen molar-refractivity contribution in [2.75, 3.05) is 44.3 Å². The second kappa shape index (κ2) is 6.61. The number of aromatic nitrogens is 1. The molecule has 0 amide bonds. The molecule has 0 saturated carbocycles. The van der Waals surface area contributed by atoms with Gasteiger partial charge in [-0.15, -0.1) is 0 Å². The minimum atomic E-state index is 0.129. The van der Waals surface area contributed by atoms with E-state index in [1.54, 1.807) is 0 Å². The third kappa shape index (κ3) is 3.53. The standard InChI is InChI=1S/C20H29N3O2/c1-20(2,3)15-4-5-18-17(14-15)21-19(25-18)23-8-6-16(7-9-23)22-10-12-24-13-11-22/h4-5,14,16H,6-13H2,1-3H3. The number of fused-ring (bicyclic) bond motifs is 1. The van der Waals surface area contributed by atoms with Gasteiger partial charge in [0.2, 0.25) is 0 Å². The molecular formula is C20H29N3O2. The van der Waals surface area contributed by atoms with Gasteiger partial charge in [-0.1, -0.05) is 26.8 Å². The second-order valence-corrected chi connectivity index (χ2v) is 8.30. The molecule has 1 aromatic carbocycles. The van der Waals surface area contributed by atoms with E-state index in [0.29, 0.717) is 6.04 Å². The van der Waals surface area contributed by atoms with Crippen LogP contribution in [0, 0.1) is 0 Å². The fourth-order valence-corrected chi connectivity index (χ4v) is 3.88. The fourth-order valence-electron chi connectivity index (χ4n) is 3.88. The Morgan fingerprint density at radius 1 is 1.04 bits per heavy atom. The number of rotatable bonds is 2. The summed E-state index contributed by atoms with van der Waals surface area (Å²) in [7, 11) is 0. The first-order valence-electron chi connectivity index (χ1n) is 9.48. The zero-order valence-corrected chi connectivity index (χ0v) is 15.6. The highest BCUT2D eigenvalue weighted by molar-refractivity contribution is 5.75. The number of benzene rings is 1. The molecule has 136 valence electrons. The quantitative estimate of drug-likeness (QED) is 0.836. The van der Waals surface area contributed by atoms with Crippen LogP contribution < -0.4 is 4.90 Å². The number of piperidine rings is 1. The Balaban J connectivity index is 1.45. The number of anilines is 1. The lowest BCUT2D eigenvalue weighted by atomic mass is 9.87. The van der Waals surface area contributed by atoms with Gasteiger partial charge < -0.3 is 14.1 Å². The summed E-state index contributed by atoms with van der Waals surface area (Å²) in [6.07, 6.45) is 2.35. The van der Waals surface area contributed by atoms with Gasteiger partial charge in [-0.2, -0.15) is 4.98 Å². The van der Waals surface area contributed by atoms with Gasteiger partial charge in [0.25, 0.3) is 6.01 Å². The highest BCUT2D eigenvalue weighted by atomic mass is 16.5.